The first-order valence-electron chi connectivity index (χ1n) is 7.42. The third-order valence-electron chi connectivity index (χ3n) is 3.99. The number of hydrogen-bond acceptors (Lipinski definition) is 3. The van der Waals surface area contributed by atoms with E-state index in [0.717, 1.165) is 11.6 Å². The number of imidazole rings is 1. The molecule has 0 unspecified atom stereocenters. The second kappa shape index (κ2) is 6.16. The van der Waals surface area contributed by atoms with Gasteiger partial charge in [-0.15, -0.1) is 0 Å². The number of nitrogens with zero attached hydrogens (tertiary/aromatic N) is 2. The Kier molecular flexibility index (Phi) is 4.08. The van der Waals surface area contributed by atoms with Crippen LogP contribution in [0.1, 0.15) is 32.1 Å². The molecule has 1 aromatic carbocycles. The second-order valence-corrected chi connectivity index (χ2v) is 5.42. The maximum atomic E-state index is 13.9. The van der Waals surface area contributed by atoms with Gasteiger partial charge in [0.2, 0.25) is 5.95 Å². The largest absolute Gasteiger partial charge is 0.494 e. The monoisotopic (exact) mass is 289 g/mol. The van der Waals surface area contributed by atoms with E-state index in [-0.39, 0.29) is 11.6 Å². The number of methoxy groups -OCH3 is 1. The molecule has 1 aromatic heterocycles. The van der Waals surface area contributed by atoms with Crippen LogP contribution in [0.15, 0.2) is 30.6 Å². The molecule has 1 saturated carbocycles. The molecule has 2 aromatic rings. The van der Waals surface area contributed by atoms with Gasteiger partial charge in [-0.2, -0.15) is 0 Å². The maximum Gasteiger partial charge on any atom is 0.207 e. The average Bonchev–Trinajstić information content (AvgIpc) is 2.96. The summed E-state index contributed by atoms with van der Waals surface area (Å²) >= 11 is 0. The number of nitrogens with one attached hydrogen (secondary N) is 1. The molecule has 1 aliphatic carbocycles. The topological polar surface area (TPSA) is 39.1 Å². The van der Waals surface area contributed by atoms with Crippen LogP contribution < -0.4 is 10.1 Å². The van der Waals surface area contributed by atoms with E-state index in [1.165, 1.54) is 45.3 Å². The van der Waals surface area contributed by atoms with E-state index in [4.69, 9.17) is 4.74 Å². The van der Waals surface area contributed by atoms with Crippen molar-refractivity contribution in [2.45, 2.75) is 38.1 Å². The summed E-state index contributed by atoms with van der Waals surface area (Å²) in [5.74, 6) is 0.652. The van der Waals surface area contributed by atoms with Crippen LogP contribution in [0.3, 0.4) is 0 Å². The number of aromatic nitrogens is 2. The Hall–Kier alpha value is -2.04. The van der Waals surface area contributed by atoms with Gasteiger partial charge in [0.25, 0.3) is 0 Å². The van der Waals surface area contributed by atoms with Crippen molar-refractivity contribution in [2.24, 2.45) is 0 Å². The average molecular weight is 289 g/mol. The molecule has 1 heterocycles. The zero-order valence-electron chi connectivity index (χ0n) is 12.2. The Balaban J connectivity index is 1.82. The molecule has 112 valence electrons. The molecule has 0 radical (unpaired) electrons. The zero-order chi connectivity index (χ0) is 14.7. The van der Waals surface area contributed by atoms with Crippen LogP contribution >= 0.6 is 0 Å². The fourth-order valence-electron chi connectivity index (χ4n) is 2.85. The van der Waals surface area contributed by atoms with Crippen LogP contribution in [0, 0.1) is 5.82 Å². The van der Waals surface area contributed by atoms with Gasteiger partial charge < -0.3 is 10.1 Å². The van der Waals surface area contributed by atoms with Crippen LogP contribution in [0.5, 0.6) is 5.75 Å². The van der Waals surface area contributed by atoms with Crippen LogP contribution in [-0.4, -0.2) is 22.7 Å². The molecule has 0 bridgehead atoms. The first-order valence-corrected chi connectivity index (χ1v) is 7.42. The van der Waals surface area contributed by atoms with E-state index in [1.807, 2.05) is 16.8 Å². The van der Waals surface area contributed by atoms with Gasteiger partial charge in [-0.05, 0) is 25.0 Å². The molecule has 1 aliphatic rings. The van der Waals surface area contributed by atoms with Gasteiger partial charge in [0.1, 0.15) is 0 Å². The van der Waals surface area contributed by atoms with Crippen molar-refractivity contribution in [1.82, 2.24) is 9.55 Å². The smallest absolute Gasteiger partial charge is 0.207 e. The van der Waals surface area contributed by atoms with Gasteiger partial charge in [0.15, 0.2) is 11.6 Å². The highest BCUT2D eigenvalue weighted by Crippen LogP contribution is 2.25. The molecular formula is C16H20FN3O. The van der Waals surface area contributed by atoms with Crippen molar-refractivity contribution in [3.05, 3.63) is 36.4 Å². The number of halogens is 1. The number of anilines is 1. The zero-order valence-corrected chi connectivity index (χ0v) is 12.2. The van der Waals surface area contributed by atoms with Crippen molar-refractivity contribution in [3.63, 3.8) is 0 Å². The lowest BCUT2D eigenvalue weighted by Crippen LogP contribution is -2.24. The van der Waals surface area contributed by atoms with Gasteiger partial charge >= 0.3 is 0 Å². The van der Waals surface area contributed by atoms with Gasteiger partial charge in [0, 0.05) is 24.5 Å². The highest BCUT2D eigenvalue weighted by molar-refractivity contribution is 5.45. The molecule has 1 fully saturated rings. The Morgan fingerprint density at radius 3 is 2.81 bits per heavy atom. The molecule has 3 rings (SSSR count). The summed E-state index contributed by atoms with van der Waals surface area (Å²) in [7, 11) is 1.46. The molecule has 4 nitrogen and oxygen atoms in total. The van der Waals surface area contributed by atoms with Crippen LogP contribution in [-0.2, 0) is 0 Å². The molecule has 5 heteroatoms. The Morgan fingerprint density at radius 2 is 2.10 bits per heavy atom. The molecule has 0 spiro atoms. The Morgan fingerprint density at radius 1 is 1.29 bits per heavy atom. The van der Waals surface area contributed by atoms with E-state index < -0.39 is 0 Å². The standard InChI is InChI=1S/C16H20FN3O/c1-21-15-8-7-13(11-14(15)17)20-10-9-18-16(20)19-12-5-3-2-4-6-12/h7-12H,2-6H2,1H3,(H,18,19). The summed E-state index contributed by atoms with van der Waals surface area (Å²) in [6.45, 7) is 0. The molecule has 0 saturated heterocycles. The Bertz CT molecular complexity index is 605. The highest BCUT2D eigenvalue weighted by atomic mass is 19.1. The summed E-state index contributed by atoms with van der Waals surface area (Å²) < 4.78 is 20.7. The van der Waals surface area contributed by atoms with E-state index in [9.17, 15) is 4.39 Å². The Labute approximate surface area is 124 Å². The third-order valence-corrected chi connectivity index (χ3v) is 3.99. The second-order valence-electron chi connectivity index (χ2n) is 5.42. The van der Waals surface area contributed by atoms with E-state index in [2.05, 4.69) is 10.3 Å². The lowest BCUT2D eigenvalue weighted by Gasteiger charge is -2.23. The molecule has 1 N–H and O–H groups in total. The third kappa shape index (κ3) is 3.01. The van der Waals surface area contributed by atoms with Gasteiger partial charge in [0.05, 0.1) is 12.8 Å². The number of ether oxygens (including phenoxy) is 1. The SMILES string of the molecule is COc1ccc(-n2ccnc2NC2CCCCC2)cc1F. The van der Waals surface area contributed by atoms with Gasteiger partial charge in [-0.3, -0.25) is 4.57 Å². The summed E-state index contributed by atoms with van der Waals surface area (Å²) in [6, 6.07) is 5.39. The minimum absolute atomic E-state index is 0.251. The summed E-state index contributed by atoms with van der Waals surface area (Å²) in [6.07, 6.45) is 9.74. The van der Waals surface area contributed by atoms with Crippen LogP contribution in [0.4, 0.5) is 10.3 Å². The van der Waals surface area contributed by atoms with E-state index in [0.29, 0.717) is 6.04 Å². The fraction of sp³-hybridized carbons (Fsp3) is 0.438. The minimum atomic E-state index is -0.368. The first-order chi connectivity index (χ1) is 10.3. The number of benzene rings is 1. The van der Waals surface area contributed by atoms with E-state index >= 15 is 0 Å². The van der Waals surface area contributed by atoms with Crippen molar-refractivity contribution in [1.29, 1.82) is 0 Å². The predicted octanol–water partition coefficient (Wildman–Crippen LogP) is 3.76. The maximum absolute atomic E-state index is 13.9. The van der Waals surface area contributed by atoms with E-state index in [1.54, 1.807) is 12.3 Å². The quantitative estimate of drug-likeness (QED) is 0.931. The molecular weight excluding hydrogens is 269 g/mol. The van der Waals surface area contributed by atoms with Gasteiger partial charge in [-0.1, -0.05) is 19.3 Å². The van der Waals surface area contributed by atoms with Crippen LogP contribution in [0.2, 0.25) is 0 Å². The number of hydrogen-bond donors (Lipinski definition) is 1. The molecule has 0 amide bonds. The molecule has 0 atom stereocenters. The lowest BCUT2D eigenvalue weighted by molar-refractivity contribution is 0.386. The summed E-state index contributed by atoms with van der Waals surface area (Å²) in [4.78, 5) is 4.36. The number of rotatable bonds is 4. The van der Waals surface area contributed by atoms with Crippen molar-refractivity contribution >= 4 is 5.95 Å². The molecule has 21 heavy (non-hydrogen) atoms. The normalized spacial score (nSPS) is 15.9. The van der Waals surface area contributed by atoms with Crippen molar-refractivity contribution < 1.29 is 9.13 Å². The van der Waals surface area contributed by atoms with Crippen molar-refractivity contribution in [2.75, 3.05) is 12.4 Å². The van der Waals surface area contributed by atoms with Crippen LogP contribution in [0.25, 0.3) is 5.69 Å². The summed E-state index contributed by atoms with van der Waals surface area (Å²) in [5.41, 5.74) is 0.740. The molecule has 0 aliphatic heterocycles. The summed E-state index contributed by atoms with van der Waals surface area (Å²) in [5, 5.41) is 3.47. The minimum Gasteiger partial charge on any atom is -0.494 e. The fourth-order valence-corrected chi connectivity index (χ4v) is 2.85. The van der Waals surface area contributed by atoms with Gasteiger partial charge in [-0.25, -0.2) is 9.37 Å². The first kappa shape index (κ1) is 13.9. The highest BCUT2D eigenvalue weighted by Gasteiger charge is 2.16. The van der Waals surface area contributed by atoms with Crippen molar-refractivity contribution in [3.8, 4) is 11.4 Å². The predicted molar refractivity (Wildman–Crippen MR) is 80.6 cm³/mol. The lowest BCUT2D eigenvalue weighted by atomic mass is 9.96.